The summed E-state index contributed by atoms with van der Waals surface area (Å²) in [6.45, 7) is 3.75. The molecule has 0 saturated carbocycles. The number of pyridine rings is 1. The number of nitrogens with zero attached hydrogens (tertiary/aromatic N) is 3. The summed E-state index contributed by atoms with van der Waals surface area (Å²) in [5.74, 6) is -0.712. The predicted molar refractivity (Wildman–Crippen MR) is 104 cm³/mol. The molecule has 2 aromatic carbocycles. The van der Waals surface area contributed by atoms with Gasteiger partial charge < -0.3 is 4.90 Å². The lowest BCUT2D eigenvalue weighted by atomic mass is 10.1. The zero-order chi connectivity index (χ0) is 19.0. The number of benzene rings is 2. The van der Waals surface area contributed by atoms with Crippen LogP contribution in [0.3, 0.4) is 0 Å². The summed E-state index contributed by atoms with van der Waals surface area (Å²) < 4.78 is 40.9. The molecule has 1 saturated heterocycles. The van der Waals surface area contributed by atoms with Crippen molar-refractivity contribution in [3.05, 3.63) is 66.1 Å². The minimum atomic E-state index is -3.83. The molecule has 1 fully saturated rings. The van der Waals surface area contributed by atoms with Crippen molar-refractivity contribution in [2.75, 3.05) is 31.1 Å². The molecule has 0 N–H and O–H groups in total. The van der Waals surface area contributed by atoms with Gasteiger partial charge in [0.25, 0.3) is 0 Å². The van der Waals surface area contributed by atoms with Gasteiger partial charge in [-0.05, 0) is 37.3 Å². The van der Waals surface area contributed by atoms with Gasteiger partial charge in [0.2, 0.25) is 10.0 Å². The average Bonchev–Trinajstić information content (AvgIpc) is 2.68. The molecule has 5 nitrogen and oxygen atoms in total. The van der Waals surface area contributed by atoms with Crippen molar-refractivity contribution in [1.29, 1.82) is 0 Å². The first-order valence-corrected chi connectivity index (χ1v) is 10.3. The Labute approximate surface area is 158 Å². The Morgan fingerprint density at radius 3 is 2.48 bits per heavy atom. The lowest BCUT2D eigenvalue weighted by Gasteiger charge is -2.35. The summed E-state index contributed by atoms with van der Waals surface area (Å²) in [6.07, 6.45) is 1.77. The number of hydrogen-bond acceptors (Lipinski definition) is 4. The van der Waals surface area contributed by atoms with Crippen molar-refractivity contribution in [1.82, 2.24) is 9.29 Å². The van der Waals surface area contributed by atoms with Crippen molar-refractivity contribution in [2.45, 2.75) is 11.8 Å². The molecule has 4 rings (SSSR count). The summed E-state index contributed by atoms with van der Waals surface area (Å²) >= 11 is 0. The Bertz CT molecular complexity index is 1090. The van der Waals surface area contributed by atoms with E-state index in [1.807, 2.05) is 25.1 Å². The molecule has 0 amide bonds. The first kappa shape index (κ1) is 17.9. The second-order valence-electron chi connectivity index (χ2n) is 6.67. The van der Waals surface area contributed by atoms with Crippen LogP contribution in [-0.4, -0.2) is 43.9 Å². The fourth-order valence-electron chi connectivity index (χ4n) is 3.48. The summed E-state index contributed by atoms with van der Waals surface area (Å²) in [6, 6.07) is 13.6. The molecule has 3 aromatic rings. The van der Waals surface area contributed by atoms with Crippen molar-refractivity contribution in [3.63, 3.8) is 0 Å². The van der Waals surface area contributed by atoms with Crippen LogP contribution in [0.1, 0.15) is 5.56 Å². The number of piperazine rings is 1. The van der Waals surface area contributed by atoms with Crippen molar-refractivity contribution < 1.29 is 12.8 Å². The monoisotopic (exact) mass is 385 g/mol. The predicted octanol–water partition coefficient (Wildman–Crippen LogP) is 3.19. The van der Waals surface area contributed by atoms with E-state index in [1.54, 1.807) is 6.20 Å². The highest BCUT2D eigenvalue weighted by Gasteiger charge is 2.30. The van der Waals surface area contributed by atoms with Gasteiger partial charge in [-0.2, -0.15) is 4.31 Å². The molecule has 0 bridgehead atoms. The van der Waals surface area contributed by atoms with E-state index in [1.165, 1.54) is 28.6 Å². The Balaban J connectivity index is 1.58. The molecule has 140 valence electrons. The number of aromatic nitrogens is 1. The van der Waals surface area contributed by atoms with Crippen LogP contribution in [-0.2, 0) is 10.0 Å². The van der Waals surface area contributed by atoms with Crippen molar-refractivity contribution >= 4 is 26.6 Å². The SMILES string of the molecule is Cc1ccc2nccc(N3CCN(S(=O)(=O)c4ccccc4F)CC3)c2c1. The third-order valence-corrected chi connectivity index (χ3v) is 6.84. The van der Waals surface area contributed by atoms with E-state index in [0.717, 1.165) is 22.2 Å². The van der Waals surface area contributed by atoms with Gasteiger partial charge in [-0.3, -0.25) is 4.98 Å². The number of halogens is 1. The summed E-state index contributed by atoms with van der Waals surface area (Å²) in [7, 11) is -3.83. The molecule has 7 heteroatoms. The topological polar surface area (TPSA) is 53.5 Å². The number of sulfonamides is 1. The van der Waals surface area contributed by atoms with Gasteiger partial charge in [0.1, 0.15) is 10.7 Å². The minimum Gasteiger partial charge on any atom is -0.368 e. The van der Waals surface area contributed by atoms with Crippen LogP contribution < -0.4 is 4.90 Å². The van der Waals surface area contributed by atoms with Crippen LogP contribution in [0.25, 0.3) is 10.9 Å². The highest BCUT2D eigenvalue weighted by molar-refractivity contribution is 7.89. The van der Waals surface area contributed by atoms with Gasteiger partial charge in [0, 0.05) is 43.4 Å². The zero-order valence-electron chi connectivity index (χ0n) is 15.0. The van der Waals surface area contributed by atoms with Gasteiger partial charge in [0.05, 0.1) is 5.52 Å². The van der Waals surface area contributed by atoms with Gasteiger partial charge >= 0.3 is 0 Å². The first-order chi connectivity index (χ1) is 13.0. The number of rotatable bonds is 3. The third kappa shape index (κ3) is 3.28. The first-order valence-electron chi connectivity index (χ1n) is 8.82. The second kappa shape index (κ2) is 6.90. The molecule has 1 aliphatic rings. The molecule has 2 heterocycles. The summed E-state index contributed by atoms with van der Waals surface area (Å²) in [5.41, 5.74) is 3.11. The van der Waals surface area contributed by atoms with E-state index in [2.05, 4.69) is 16.0 Å². The lowest BCUT2D eigenvalue weighted by Crippen LogP contribution is -2.48. The average molecular weight is 385 g/mol. The third-order valence-electron chi connectivity index (χ3n) is 4.91. The molecule has 0 aliphatic carbocycles. The number of aryl methyl sites for hydroxylation is 1. The highest BCUT2D eigenvalue weighted by atomic mass is 32.2. The molecule has 0 spiro atoms. The zero-order valence-corrected chi connectivity index (χ0v) is 15.8. The van der Waals surface area contributed by atoms with Crippen LogP contribution in [0.15, 0.2) is 59.6 Å². The molecule has 0 atom stereocenters. The Morgan fingerprint density at radius 2 is 1.74 bits per heavy atom. The number of anilines is 1. The van der Waals surface area contributed by atoms with Crippen LogP contribution in [0.4, 0.5) is 10.1 Å². The lowest BCUT2D eigenvalue weighted by molar-refractivity contribution is 0.382. The Hall–Kier alpha value is -2.51. The fourth-order valence-corrected chi connectivity index (χ4v) is 4.97. The van der Waals surface area contributed by atoms with Crippen LogP contribution in [0, 0.1) is 12.7 Å². The maximum absolute atomic E-state index is 14.0. The molecular weight excluding hydrogens is 365 g/mol. The van der Waals surface area contributed by atoms with Crippen molar-refractivity contribution in [2.24, 2.45) is 0 Å². The van der Waals surface area contributed by atoms with Crippen LogP contribution in [0.5, 0.6) is 0 Å². The standard InChI is InChI=1S/C20H20FN3O2S/c1-15-6-7-18-16(14-15)19(8-9-22-18)23-10-12-24(13-11-23)27(25,26)20-5-3-2-4-17(20)21/h2-9,14H,10-13H2,1H3. The largest absolute Gasteiger partial charge is 0.368 e. The van der Waals surface area contributed by atoms with E-state index < -0.39 is 15.8 Å². The van der Waals surface area contributed by atoms with Crippen LogP contribution in [0.2, 0.25) is 0 Å². The van der Waals surface area contributed by atoms with Gasteiger partial charge in [-0.1, -0.05) is 23.8 Å². The molecule has 1 aliphatic heterocycles. The molecule has 27 heavy (non-hydrogen) atoms. The van der Waals surface area contributed by atoms with E-state index in [0.29, 0.717) is 26.2 Å². The smallest absolute Gasteiger partial charge is 0.246 e. The molecule has 1 aromatic heterocycles. The van der Waals surface area contributed by atoms with Crippen molar-refractivity contribution in [3.8, 4) is 0 Å². The van der Waals surface area contributed by atoms with Gasteiger partial charge in [-0.25, -0.2) is 12.8 Å². The van der Waals surface area contributed by atoms with Gasteiger partial charge in [0.15, 0.2) is 0 Å². The maximum atomic E-state index is 14.0. The highest BCUT2D eigenvalue weighted by Crippen LogP contribution is 2.28. The molecular formula is C20H20FN3O2S. The molecule has 0 unspecified atom stereocenters. The summed E-state index contributed by atoms with van der Waals surface area (Å²) in [4.78, 5) is 6.31. The Morgan fingerprint density at radius 1 is 1.00 bits per heavy atom. The minimum absolute atomic E-state index is 0.261. The van der Waals surface area contributed by atoms with E-state index in [4.69, 9.17) is 0 Å². The van der Waals surface area contributed by atoms with E-state index in [-0.39, 0.29) is 4.90 Å². The van der Waals surface area contributed by atoms with E-state index in [9.17, 15) is 12.8 Å². The summed E-state index contributed by atoms with van der Waals surface area (Å²) in [5, 5.41) is 1.06. The Kier molecular flexibility index (Phi) is 4.57. The quantitative estimate of drug-likeness (QED) is 0.695. The number of hydrogen-bond donors (Lipinski definition) is 0. The molecule has 0 radical (unpaired) electrons. The van der Waals surface area contributed by atoms with Gasteiger partial charge in [-0.15, -0.1) is 0 Å². The maximum Gasteiger partial charge on any atom is 0.246 e. The number of fused-ring (bicyclic) bond motifs is 1. The normalized spacial score (nSPS) is 16.0. The van der Waals surface area contributed by atoms with E-state index >= 15 is 0 Å². The fraction of sp³-hybridized carbons (Fsp3) is 0.250. The second-order valence-corrected chi connectivity index (χ2v) is 8.58. The van der Waals surface area contributed by atoms with Crippen LogP contribution >= 0.6 is 0 Å².